The van der Waals surface area contributed by atoms with Crippen LogP contribution in [0.5, 0.6) is 5.75 Å². The Morgan fingerprint density at radius 2 is 2.08 bits per heavy atom. The summed E-state index contributed by atoms with van der Waals surface area (Å²) in [5.74, 6) is 1.55. The summed E-state index contributed by atoms with van der Waals surface area (Å²) in [6.45, 7) is 1.48. The zero-order valence-electron chi connectivity index (χ0n) is 13.6. The van der Waals surface area contributed by atoms with Gasteiger partial charge in [0.25, 0.3) is 5.56 Å². The Morgan fingerprint density at radius 3 is 2.96 bits per heavy atom. The number of anilines is 1. The summed E-state index contributed by atoms with van der Waals surface area (Å²) in [5.41, 5.74) is 3.03. The van der Waals surface area contributed by atoms with Crippen molar-refractivity contribution >= 4 is 16.6 Å². The number of ether oxygens (including phenoxy) is 1. The Morgan fingerprint density at radius 1 is 1.21 bits per heavy atom. The van der Waals surface area contributed by atoms with Crippen LogP contribution in [0.2, 0.25) is 0 Å². The third-order valence-electron chi connectivity index (χ3n) is 4.50. The Balaban J connectivity index is 1.74. The van der Waals surface area contributed by atoms with Crippen molar-refractivity contribution in [3.63, 3.8) is 0 Å². The highest BCUT2D eigenvalue weighted by Crippen LogP contribution is 2.36. The van der Waals surface area contributed by atoms with Crippen LogP contribution < -0.4 is 15.2 Å². The second-order valence-corrected chi connectivity index (χ2v) is 6.02. The fraction of sp³-hybridized carbons (Fsp3) is 0.263. The smallest absolute Gasteiger partial charge is 0.258 e. The molecule has 24 heavy (non-hydrogen) atoms. The molecule has 0 fully saturated rings. The van der Waals surface area contributed by atoms with E-state index in [1.165, 1.54) is 5.56 Å². The van der Waals surface area contributed by atoms with Gasteiger partial charge in [0.1, 0.15) is 11.6 Å². The number of nitrogens with zero attached hydrogens (tertiary/aromatic N) is 2. The SMILES string of the molecule is COc1cccc2c1N(Cc1nc3ccccc3c(=O)[nH]1)CCC2. The van der Waals surface area contributed by atoms with Crippen molar-refractivity contribution in [1.82, 2.24) is 9.97 Å². The monoisotopic (exact) mass is 321 g/mol. The molecule has 0 saturated carbocycles. The first-order valence-electron chi connectivity index (χ1n) is 8.15. The lowest BCUT2D eigenvalue weighted by Gasteiger charge is -2.32. The fourth-order valence-electron chi connectivity index (χ4n) is 3.41. The van der Waals surface area contributed by atoms with Gasteiger partial charge < -0.3 is 14.6 Å². The summed E-state index contributed by atoms with van der Waals surface area (Å²) in [5, 5.41) is 0.623. The summed E-state index contributed by atoms with van der Waals surface area (Å²) in [7, 11) is 1.69. The van der Waals surface area contributed by atoms with Gasteiger partial charge in [0.2, 0.25) is 0 Å². The zero-order chi connectivity index (χ0) is 16.5. The molecule has 122 valence electrons. The van der Waals surface area contributed by atoms with Gasteiger partial charge in [-0.15, -0.1) is 0 Å². The highest BCUT2D eigenvalue weighted by Gasteiger charge is 2.21. The molecule has 1 aliphatic heterocycles. The average Bonchev–Trinajstić information content (AvgIpc) is 2.61. The first-order valence-corrected chi connectivity index (χ1v) is 8.15. The van der Waals surface area contributed by atoms with Crippen molar-refractivity contribution in [1.29, 1.82) is 0 Å². The summed E-state index contributed by atoms with van der Waals surface area (Å²) in [6, 6.07) is 13.6. The molecule has 0 spiro atoms. The lowest BCUT2D eigenvalue weighted by molar-refractivity contribution is 0.412. The van der Waals surface area contributed by atoms with Crippen molar-refractivity contribution in [2.45, 2.75) is 19.4 Å². The molecular weight excluding hydrogens is 302 g/mol. The van der Waals surface area contributed by atoms with Gasteiger partial charge in [-0.2, -0.15) is 0 Å². The van der Waals surface area contributed by atoms with E-state index in [-0.39, 0.29) is 5.56 Å². The Bertz CT molecular complexity index is 934. The van der Waals surface area contributed by atoms with Crippen LogP contribution in [-0.2, 0) is 13.0 Å². The molecule has 0 radical (unpaired) electrons. The molecule has 5 nitrogen and oxygen atoms in total. The highest BCUT2D eigenvalue weighted by molar-refractivity contribution is 5.77. The third kappa shape index (κ3) is 2.52. The molecule has 0 unspecified atom stereocenters. The topological polar surface area (TPSA) is 58.2 Å². The molecule has 3 aromatic rings. The molecule has 2 aromatic carbocycles. The van der Waals surface area contributed by atoms with Crippen LogP contribution in [0.25, 0.3) is 10.9 Å². The molecule has 1 aliphatic rings. The number of fused-ring (bicyclic) bond motifs is 2. The van der Waals surface area contributed by atoms with Crippen molar-refractivity contribution in [2.75, 3.05) is 18.6 Å². The number of H-pyrrole nitrogens is 1. The molecule has 1 N–H and O–H groups in total. The lowest BCUT2D eigenvalue weighted by atomic mass is 10.0. The molecule has 0 saturated heterocycles. The van der Waals surface area contributed by atoms with Gasteiger partial charge in [-0.25, -0.2) is 4.98 Å². The van der Waals surface area contributed by atoms with Gasteiger partial charge in [0.05, 0.1) is 30.2 Å². The number of rotatable bonds is 3. The summed E-state index contributed by atoms with van der Waals surface area (Å²) in [6.07, 6.45) is 2.13. The van der Waals surface area contributed by atoms with Gasteiger partial charge in [0.15, 0.2) is 0 Å². The molecule has 0 atom stereocenters. The Hall–Kier alpha value is -2.82. The van der Waals surface area contributed by atoms with E-state index in [0.29, 0.717) is 17.8 Å². The molecule has 2 heterocycles. The fourth-order valence-corrected chi connectivity index (χ4v) is 3.41. The largest absolute Gasteiger partial charge is 0.495 e. The van der Waals surface area contributed by atoms with E-state index >= 15 is 0 Å². The van der Waals surface area contributed by atoms with Crippen LogP contribution >= 0.6 is 0 Å². The van der Waals surface area contributed by atoms with Gasteiger partial charge in [0, 0.05) is 6.54 Å². The summed E-state index contributed by atoms with van der Waals surface area (Å²) < 4.78 is 5.54. The second kappa shape index (κ2) is 6.00. The number of aromatic nitrogens is 2. The standard InChI is InChI=1S/C19H19N3O2/c1-24-16-10-4-6-13-7-5-11-22(18(13)16)12-17-20-15-9-3-2-8-14(15)19(23)21-17/h2-4,6,8-10H,5,7,11-12H2,1H3,(H,20,21,23). The van der Waals surface area contributed by atoms with Crippen molar-refractivity contribution in [3.05, 3.63) is 64.2 Å². The van der Waals surface area contributed by atoms with Gasteiger partial charge in [-0.1, -0.05) is 24.3 Å². The minimum absolute atomic E-state index is 0.0899. The van der Waals surface area contributed by atoms with Crippen LogP contribution in [0.15, 0.2) is 47.3 Å². The van der Waals surface area contributed by atoms with Crippen molar-refractivity contribution in [2.24, 2.45) is 0 Å². The number of methoxy groups -OCH3 is 1. The van der Waals surface area contributed by atoms with E-state index in [4.69, 9.17) is 4.74 Å². The predicted molar refractivity (Wildman–Crippen MR) is 94.7 cm³/mol. The van der Waals surface area contributed by atoms with Gasteiger partial charge >= 0.3 is 0 Å². The maximum Gasteiger partial charge on any atom is 0.258 e. The maximum absolute atomic E-state index is 12.3. The Kier molecular flexibility index (Phi) is 3.69. The molecule has 0 bridgehead atoms. The van der Waals surface area contributed by atoms with Gasteiger partial charge in [-0.3, -0.25) is 4.79 Å². The molecule has 5 heteroatoms. The average molecular weight is 321 g/mol. The van der Waals surface area contributed by atoms with E-state index < -0.39 is 0 Å². The Labute approximate surface area is 139 Å². The quantitative estimate of drug-likeness (QED) is 0.806. The third-order valence-corrected chi connectivity index (χ3v) is 4.50. The molecule has 1 aromatic heterocycles. The minimum Gasteiger partial charge on any atom is -0.495 e. The number of para-hydroxylation sites is 2. The predicted octanol–water partition coefficient (Wildman–Crippen LogP) is 2.88. The van der Waals surface area contributed by atoms with Crippen molar-refractivity contribution in [3.8, 4) is 5.75 Å². The molecule has 0 amide bonds. The van der Waals surface area contributed by atoms with Crippen LogP contribution in [0.1, 0.15) is 17.8 Å². The second-order valence-electron chi connectivity index (χ2n) is 6.02. The normalized spacial score (nSPS) is 13.8. The van der Waals surface area contributed by atoms with E-state index in [2.05, 4.69) is 20.9 Å². The lowest BCUT2D eigenvalue weighted by Crippen LogP contribution is -2.31. The number of hydrogen-bond donors (Lipinski definition) is 1. The van der Waals surface area contributed by atoms with E-state index in [1.54, 1.807) is 13.2 Å². The number of hydrogen-bond acceptors (Lipinski definition) is 4. The molecular formula is C19H19N3O2. The van der Waals surface area contributed by atoms with Crippen molar-refractivity contribution < 1.29 is 4.74 Å². The van der Waals surface area contributed by atoms with E-state index in [9.17, 15) is 4.79 Å². The van der Waals surface area contributed by atoms with Gasteiger partial charge in [-0.05, 0) is 36.6 Å². The van der Waals surface area contributed by atoms with E-state index in [1.807, 2.05) is 30.3 Å². The first-order chi connectivity index (χ1) is 11.8. The summed E-state index contributed by atoms with van der Waals surface area (Å²) in [4.78, 5) is 22.0. The first kappa shape index (κ1) is 14.8. The van der Waals surface area contributed by atoms with Crippen LogP contribution in [-0.4, -0.2) is 23.6 Å². The highest BCUT2D eigenvalue weighted by atomic mass is 16.5. The van der Waals surface area contributed by atoms with Crippen LogP contribution in [0.3, 0.4) is 0 Å². The molecule has 4 rings (SSSR count). The van der Waals surface area contributed by atoms with Crippen LogP contribution in [0, 0.1) is 0 Å². The zero-order valence-corrected chi connectivity index (χ0v) is 13.6. The number of nitrogens with one attached hydrogen (secondary N) is 1. The van der Waals surface area contributed by atoms with Crippen LogP contribution in [0.4, 0.5) is 5.69 Å². The minimum atomic E-state index is -0.0899. The number of aromatic amines is 1. The summed E-state index contributed by atoms with van der Waals surface area (Å²) >= 11 is 0. The number of aryl methyl sites for hydroxylation is 1. The maximum atomic E-state index is 12.3. The molecule has 0 aliphatic carbocycles. The van der Waals surface area contributed by atoms with E-state index in [0.717, 1.165) is 36.3 Å². The number of benzene rings is 2.